The smallest absolute Gasteiger partial charge is 0.0766 e. The van der Waals surface area contributed by atoms with Crippen molar-refractivity contribution in [2.45, 2.75) is 45.1 Å². The van der Waals surface area contributed by atoms with Crippen molar-refractivity contribution in [3.8, 4) is 0 Å². The van der Waals surface area contributed by atoms with Crippen LogP contribution in [0.5, 0.6) is 0 Å². The summed E-state index contributed by atoms with van der Waals surface area (Å²) in [6.07, 6.45) is 10.5. The second-order valence-electron chi connectivity index (χ2n) is 5.57. The Morgan fingerprint density at radius 1 is 1.39 bits per heavy atom. The van der Waals surface area contributed by atoms with E-state index >= 15 is 0 Å². The van der Waals surface area contributed by atoms with Crippen LogP contribution < -0.4 is 10.2 Å². The van der Waals surface area contributed by atoms with Gasteiger partial charge in [-0.2, -0.15) is 0 Å². The van der Waals surface area contributed by atoms with Gasteiger partial charge in [0.25, 0.3) is 0 Å². The van der Waals surface area contributed by atoms with Crippen LogP contribution in [0.4, 0.5) is 11.4 Å². The van der Waals surface area contributed by atoms with Crippen molar-refractivity contribution < 1.29 is 0 Å². The highest BCUT2D eigenvalue weighted by Crippen LogP contribution is 2.31. The third-order valence-corrected chi connectivity index (χ3v) is 4.00. The molecule has 0 radical (unpaired) electrons. The molecule has 1 fully saturated rings. The first-order chi connectivity index (χ1) is 8.70. The molecule has 0 bridgehead atoms. The Labute approximate surface area is 111 Å². The average Bonchev–Trinajstić information content (AvgIpc) is 2.39. The zero-order valence-electron chi connectivity index (χ0n) is 11.8. The molecule has 2 rings (SSSR count). The molecule has 100 valence electrons. The summed E-state index contributed by atoms with van der Waals surface area (Å²) in [5.41, 5.74) is 2.40. The molecule has 1 saturated carbocycles. The molecule has 0 amide bonds. The van der Waals surface area contributed by atoms with Crippen molar-refractivity contribution in [3.63, 3.8) is 0 Å². The Kier molecular flexibility index (Phi) is 4.45. The number of aromatic nitrogens is 1. The number of pyridine rings is 1. The van der Waals surface area contributed by atoms with Gasteiger partial charge in [0, 0.05) is 26.3 Å². The standard InChI is InChI=1S/C15H25N3/c1-4-12-6-5-7-13(10-12)17-14-11-16-9-8-15(14)18(2)3/h8-9,11-13,17H,4-7,10H2,1-3H3. The van der Waals surface area contributed by atoms with Gasteiger partial charge < -0.3 is 10.2 Å². The highest BCUT2D eigenvalue weighted by Gasteiger charge is 2.21. The number of hydrogen-bond acceptors (Lipinski definition) is 3. The number of nitrogens with one attached hydrogen (secondary N) is 1. The quantitative estimate of drug-likeness (QED) is 0.882. The molecule has 3 heteroatoms. The molecule has 0 aromatic carbocycles. The van der Waals surface area contributed by atoms with Gasteiger partial charge in [-0.25, -0.2) is 0 Å². The first kappa shape index (κ1) is 13.2. The summed E-state index contributed by atoms with van der Waals surface area (Å²) in [5.74, 6) is 0.899. The molecule has 0 saturated heterocycles. The van der Waals surface area contributed by atoms with Gasteiger partial charge in [-0.1, -0.05) is 26.2 Å². The Morgan fingerprint density at radius 2 is 2.22 bits per heavy atom. The van der Waals surface area contributed by atoms with E-state index in [9.17, 15) is 0 Å². The maximum Gasteiger partial charge on any atom is 0.0766 e. The van der Waals surface area contributed by atoms with Crippen LogP contribution in [0.2, 0.25) is 0 Å². The number of rotatable bonds is 4. The first-order valence-corrected chi connectivity index (χ1v) is 7.08. The second kappa shape index (κ2) is 6.07. The predicted octanol–water partition coefficient (Wildman–Crippen LogP) is 3.53. The van der Waals surface area contributed by atoms with E-state index in [1.807, 2.05) is 12.4 Å². The van der Waals surface area contributed by atoms with Gasteiger partial charge >= 0.3 is 0 Å². The second-order valence-corrected chi connectivity index (χ2v) is 5.57. The minimum atomic E-state index is 0.617. The number of nitrogens with zero attached hydrogens (tertiary/aromatic N) is 2. The van der Waals surface area contributed by atoms with E-state index < -0.39 is 0 Å². The lowest BCUT2D eigenvalue weighted by Crippen LogP contribution is -2.28. The van der Waals surface area contributed by atoms with Gasteiger partial charge in [0.1, 0.15) is 0 Å². The van der Waals surface area contributed by atoms with Gasteiger partial charge in [0.05, 0.1) is 17.6 Å². The average molecular weight is 247 g/mol. The summed E-state index contributed by atoms with van der Waals surface area (Å²) in [4.78, 5) is 6.39. The molecule has 2 atom stereocenters. The van der Waals surface area contributed by atoms with Crippen LogP contribution in [-0.4, -0.2) is 25.1 Å². The Balaban J connectivity index is 2.04. The molecule has 3 nitrogen and oxygen atoms in total. The minimum Gasteiger partial charge on any atom is -0.379 e. The van der Waals surface area contributed by atoms with E-state index in [4.69, 9.17) is 0 Å². The van der Waals surface area contributed by atoms with Crippen molar-refractivity contribution in [2.24, 2.45) is 5.92 Å². The molecule has 0 spiro atoms. The lowest BCUT2D eigenvalue weighted by molar-refractivity contribution is 0.327. The van der Waals surface area contributed by atoms with Crippen molar-refractivity contribution in [2.75, 3.05) is 24.3 Å². The Bertz CT molecular complexity index is 376. The van der Waals surface area contributed by atoms with Crippen LogP contribution in [0, 0.1) is 5.92 Å². The van der Waals surface area contributed by atoms with E-state index in [0.717, 1.165) is 5.92 Å². The summed E-state index contributed by atoms with van der Waals surface area (Å²) < 4.78 is 0. The van der Waals surface area contributed by atoms with Gasteiger partial charge in [-0.15, -0.1) is 0 Å². The van der Waals surface area contributed by atoms with Gasteiger partial charge in [-0.3, -0.25) is 4.98 Å². The zero-order chi connectivity index (χ0) is 13.0. The fourth-order valence-electron chi connectivity index (χ4n) is 2.90. The summed E-state index contributed by atoms with van der Waals surface area (Å²) >= 11 is 0. The monoisotopic (exact) mass is 247 g/mol. The Morgan fingerprint density at radius 3 is 2.94 bits per heavy atom. The van der Waals surface area contributed by atoms with Gasteiger partial charge in [-0.05, 0) is 24.8 Å². The van der Waals surface area contributed by atoms with Crippen molar-refractivity contribution in [1.82, 2.24) is 4.98 Å². The lowest BCUT2D eigenvalue weighted by atomic mass is 9.84. The Hall–Kier alpha value is -1.25. The summed E-state index contributed by atoms with van der Waals surface area (Å²) in [6, 6.07) is 2.69. The van der Waals surface area contributed by atoms with Crippen LogP contribution in [0.15, 0.2) is 18.5 Å². The highest BCUT2D eigenvalue weighted by atomic mass is 15.1. The van der Waals surface area contributed by atoms with Crippen molar-refractivity contribution in [1.29, 1.82) is 0 Å². The highest BCUT2D eigenvalue weighted by molar-refractivity contribution is 5.68. The normalized spacial score (nSPS) is 23.7. The number of hydrogen-bond donors (Lipinski definition) is 1. The molecule has 0 aliphatic heterocycles. The zero-order valence-corrected chi connectivity index (χ0v) is 11.8. The van der Waals surface area contributed by atoms with Gasteiger partial charge in [0.2, 0.25) is 0 Å². The van der Waals surface area contributed by atoms with E-state index in [-0.39, 0.29) is 0 Å². The fraction of sp³-hybridized carbons (Fsp3) is 0.667. The summed E-state index contributed by atoms with van der Waals surface area (Å²) in [5, 5.41) is 3.69. The van der Waals surface area contributed by atoms with E-state index in [2.05, 4.69) is 42.3 Å². The molecule has 18 heavy (non-hydrogen) atoms. The van der Waals surface area contributed by atoms with E-state index in [1.165, 1.54) is 43.5 Å². The van der Waals surface area contributed by atoms with E-state index in [0.29, 0.717) is 6.04 Å². The molecule has 1 aliphatic rings. The largest absolute Gasteiger partial charge is 0.379 e. The molecule has 1 N–H and O–H groups in total. The third kappa shape index (κ3) is 3.15. The predicted molar refractivity (Wildman–Crippen MR) is 78.2 cm³/mol. The minimum absolute atomic E-state index is 0.617. The fourth-order valence-corrected chi connectivity index (χ4v) is 2.90. The van der Waals surface area contributed by atoms with Crippen molar-refractivity contribution in [3.05, 3.63) is 18.5 Å². The van der Waals surface area contributed by atoms with Gasteiger partial charge in [0.15, 0.2) is 0 Å². The van der Waals surface area contributed by atoms with E-state index in [1.54, 1.807) is 0 Å². The maximum absolute atomic E-state index is 4.24. The topological polar surface area (TPSA) is 28.2 Å². The third-order valence-electron chi connectivity index (χ3n) is 4.00. The molecule has 1 aromatic heterocycles. The summed E-state index contributed by atoms with van der Waals surface area (Å²) in [7, 11) is 4.16. The van der Waals surface area contributed by atoms with Crippen LogP contribution in [0.25, 0.3) is 0 Å². The SMILES string of the molecule is CCC1CCCC(Nc2cnccc2N(C)C)C1. The van der Waals surface area contributed by atoms with Crippen LogP contribution in [0.1, 0.15) is 39.0 Å². The molecule has 2 unspecified atom stereocenters. The molecule has 1 aromatic rings. The maximum atomic E-state index is 4.24. The van der Waals surface area contributed by atoms with Crippen molar-refractivity contribution >= 4 is 11.4 Å². The molecule has 1 aliphatic carbocycles. The van der Waals surface area contributed by atoms with Crippen LogP contribution in [-0.2, 0) is 0 Å². The molecular weight excluding hydrogens is 222 g/mol. The number of anilines is 2. The molecular formula is C15H25N3. The lowest BCUT2D eigenvalue weighted by Gasteiger charge is -2.31. The van der Waals surface area contributed by atoms with Crippen LogP contribution >= 0.6 is 0 Å². The van der Waals surface area contributed by atoms with Crippen LogP contribution in [0.3, 0.4) is 0 Å². The molecule has 1 heterocycles. The first-order valence-electron chi connectivity index (χ1n) is 7.08. The summed E-state index contributed by atoms with van der Waals surface area (Å²) in [6.45, 7) is 2.31.